The molecule has 0 aliphatic carbocycles. The zero-order valence-corrected chi connectivity index (χ0v) is 13.7. The number of ether oxygens (including phenoxy) is 1. The number of nitrogens with zero attached hydrogens (tertiary/aromatic N) is 1. The number of hydrogen-bond acceptors (Lipinski definition) is 5. The van der Waals surface area contributed by atoms with E-state index in [4.69, 9.17) is 4.74 Å². The number of hydrogen-bond donors (Lipinski definition) is 1. The normalized spacial score (nSPS) is 9.96. The van der Waals surface area contributed by atoms with E-state index in [2.05, 4.69) is 5.32 Å². The van der Waals surface area contributed by atoms with Gasteiger partial charge in [-0.25, -0.2) is 4.79 Å². The lowest BCUT2D eigenvalue weighted by atomic mass is 10.1. The van der Waals surface area contributed by atoms with Gasteiger partial charge in [0.15, 0.2) is 0 Å². The first-order valence-corrected chi connectivity index (χ1v) is 7.92. The molecule has 5 nitrogen and oxygen atoms in total. The van der Waals surface area contributed by atoms with Crippen LogP contribution in [0.2, 0.25) is 0 Å². The van der Waals surface area contributed by atoms with Crippen LogP contribution in [-0.4, -0.2) is 18.5 Å². The molecule has 1 heterocycles. The fourth-order valence-corrected chi connectivity index (χ4v) is 3.15. The number of benzene rings is 1. The Kier molecular flexibility index (Phi) is 5.50. The number of nitriles is 1. The summed E-state index contributed by atoms with van der Waals surface area (Å²) in [5.74, 6) is -0.709. The topological polar surface area (TPSA) is 79.2 Å². The molecule has 0 atom stereocenters. The second-order valence-electron chi connectivity index (χ2n) is 4.80. The Balaban J connectivity index is 2.19. The monoisotopic (exact) mass is 328 g/mol. The fraction of sp³-hybridized carbons (Fsp3) is 0.235. The van der Waals surface area contributed by atoms with E-state index in [1.54, 1.807) is 13.8 Å². The lowest BCUT2D eigenvalue weighted by Crippen LogP contribution is -2.14. The van der Waals surface area contributed by atoms with Crippen LogP contribution in [0.4, 0.5) is 5.00 Å². The van der Waals surface area contributed by atoms with Gasteiger partial charge in [-0.2, -0.15) is 5.26 Å². The number of carbonyl (C=O) groups excluding carboxylic acids is 2. The van der Waals surface area contributed by atoms with Crippen molar-refractivity contribution in [1.82, 2.24) is 0 Å². The van der Waals surface area contributed by atoms with Crippen LogP contribution in [0.15, 0.2) is 30.3 Å². The Morgan fingerprint density at radius 3 is 2.61 bits per heavy atom. The molecule has 1 N–H and O–H groups in total. The minimum absolute atomic E-state index is 0.206. The Morgan fingerprint density at radius 2 is 2.00 bits per heavy atom. The maximum atomic E-state index is 12.1. The lowest BCUT2D eigenvalue weighted by molar-refractivity contribution is -0.115. The summed E-state index contributed by atoms with van der Waals surface area (Å²) >= 11 is 1.07. The number of amides is 1. The third-order valence-corrected chi connectivity index (χ3v) is 4.37. The van der Waals surface area contributed by atoms with Crippen LogP contribution in [0, 0.1) is 18.3 Å². The van der Waals surface area contributed by atoms with E-state index in [0.717, 1.165) is 16.9 Å². The largest absolute Gasteiger partial charge is 0.462 e. The molecular weight excluding hydrogens is 312 g/mol. The van der Waals surface area contributed by atoms with E-state index in [9.17, 15) is 14.9 Å². The van der Waals surface area contributed by atoms with E-state index in [-0.39, 0.29) is 18.9 Å². The van der Waals surface area contributed by atoms with Crippen molar-refractivity contribution in [2.75, 3.05) is 11.9 Å². The summed E-state index contributed by atoms with van der Waals surface area (Å²) in [7, 11) is 0. The van der Waals surface area contributed by atoms with Gasteiger partial charge in [0.05, 0.1) is 18.6 Å². The van der Waals surface area contributed by atoms with E-state index >= 15 is 0 Å². The molecule has 0 saturated heterocycles. The van der Waals surface area contributed by atoms with Crippen molar-refractivity contribution >= 4 is 28.2 Å². The number of carbonyl (C=O) groups is 2. The van der Waals surface area contributed by atoms with E-state index in [1.165, 1.54) is 0 Å². The third kappa shape index (κ3) is 3.96. The maximum absolute atomic E-state index is 12.1. The molecule has 0 spiro atoms. The quantitative estimate of drug-likeness (QED) is 0.854. The second kappa shape index (κ2) is 7.56. The Bertz CT molecular complexity index is 760. The molecule has 2 rings (SSSR count). The van der Waals surface area contributed by atoms with Crippen LogP contribution < -0.4 is 5.32 Å². The first-order valence-electron chi connectivity index (χ1n) is 7.11. The van der Waals surface area contributed by atoms with Crippen molar-refractivity contribution in [3.63, 3.8) is 0 Å². The number of rotatable bonds is 5. The average Bonchev–Trinajstić information content (AvgIpc) is 2.84. The molecule has 0 aliphatic heterocycles. The minimum Gasteiger partial charge on any atom is -0.462 e. The molecule has 0 radical (unpaired) electrons. The van der Waals surface area contributed by atoms with Crippen LogP contribution in [0.1, 0.15) is 33.3 Å². The highest BCUT2D eigenvalue weighted by Crippen LogP contribution is 2.33. The molecular formula is C17H16N2O3S. The number of esters is 1. The summed E-state index contributed by atoms with van der Waals surface area (Å²) < 4.78 is 4.97. The summed E-state index contributed by atoms with van der Waals surface area (Å²) in [6.45, 7) is 3.65. The van der Waals surface area contributed by atoms with E-state index < -0.39 is 5.97 Å². The average molecular weight is 328 g/mol. The van der Waals surface area contributed by atoms with Gasteiger partial charge in [0, 0.05) is 0 Å². The molecule has 6 heteroatoms. The molecule has 0 aliphatic rings. The minimum atomic E-state index is -0.477. The predicted molar refractivity (Wildman–Crippen MR) is 88.5 cm³/mol. The van der Waals surface area contributed by atoms with Gasteiger partial charge in [-0.1, -0.05) is 30.3 Å². The van der Waals surface area contributed by atoms with Gasteiger partial charge in [0.1, 0.15) is 15.9 Å². The summed E-state index contributed by atoms with van der Waals surface area (Å²) in [4.78, 5) is 24.4. The van der Waals surface area contributed by atoms with E-state index in [1.807, 2.05) is 36.4 Å². The highest BCUT2D eigenvalue weighted by molar-refractivity contribution is 7.18. The molecule has 2 aromatic rings. The van der Waals surface area contributed by atoms with Crippen LogP contribution in [0.25, 0.3) is 0 Å². The third-order valence-electron chi connectivity index (χ3n) is 3.18. The van der Waals surface area contributed by atoms with Gasteiger partial charge < -0.3 is 10.1 Å². The molecule has 1 amide bonds. The zero-order chi connectivity index (χ0) is 16.8. The molecule has 0 unspecified atom stereocenters. The highest BCUT2D eigenvalue weighted by Gasteiger charge is 2.22. The lowest BCUT2D eigenvalue weighted by Gasteiger charge is -2.03. The number of nitrogens with one attached hydrogen (secondary N) is 1. The smallest absolute Gasteiger partial charge is 0.348 e. The van der Waals surface area contributed by atoms with Crippen LogP contribution in [0.5, 0.6) is 0 Å². The van der Waals surface area contributed by atoms with Gasteiger partial charge >= 0.3 is 5.97 Å². The Labute approximate surface area is 138 Å². The summed E-state index contributed by atoms with van der Waals surface area (Å²) in [5, 5.41) is 12.4. The van der Waals surface area contributed by atoms with Crippen LogP contribution in [-0.2, 0) is 16.0 Å². The second-order valence-corrected chi connectivity index (χ2v) is 5.82. The van der Waals surface area contributed by atoms with Crippen molar-refractivity contribution in [2.24, 2.45) is 0 Å². The fourth-order valence-electron chi connectivity index (χ4n) is 2.08. The summed E-state index contributed by atoms with van der Waals surface area (Å²) in [6.07, 6.45) is 0.206. The zero-order valence-electron chi connectivity index (χ0n) is 12.9. The summed E-state index contributed by atoms with van der Waals surface area (Å²) in [5.41, 5.74) is 1.72. The highest BCUT2D eigenvalue weighted by atomic mass is 32.1. The van der Waals surface area contributed by atoms with Crippen LogP contribution >= 0.6 is 11.3 Å². The number of thiophene rings is 1. The van der Waals surface area contributed by atoms with Crippen molar-refractivity contribution in [3.05, 3.63) is 51.9 Å². The van der Waals surface area contributed by atoms with Gasteiger partial charge in [0.25, 0.3) is 0 Å². The number of anilines is 1. The van der Waals surface area contributed by atoms with Crippen LogP contribution in [0.3, 0.4) is 0 Å². The molecule has 1 aromatic carbocycles. The molecule has 0 bridgehead atoms. The predicted octanol–water partition coefficient (Wildman–Crippen LogP) is 3.29. The molecule has 118 valence electrons. The molecule has 0 fully saturated rings. The Morgan fingerprint density at radius 1 is 1.30 bits per heavy atom. The van der Waals surface area contributed by atoms with Crippen molar-refractivity contribution < 1.29 is 14.3 Å². The maximum Gasteiger partial charge on any atom is 0.348 e. The van der Waals surface area contributed by atoms with Gasteiger partial charge in [-0.05, 0) is 25.0 Å². The molecule has 1 aromatic heterocycles. The van der Waals surface area contributed by atoms with Crippen molar-refractivity contribution in [3.8, 4) is 6.07 Å². The van der Waals surface area contributed by atoms with E-state index in [0.29, 0.717) is 21.0 Å². The molecule has 0 saturated carbocycles. The van der Waals surface area contributed by atoms with Crippen molar-refractivity contribution in [1.29, 1.82) is 5.26 Å². The standard InChI is InChI=1S/C17H16N2O3S/c1-3-22-17(21)15-11(2)13(10-18)16(23-15)19-14(20)9-12-7-5-4-6-8-12/h4-8H,3,9H2,1-2H3,(H,19,20). The van der Waals surface area contributed by atoms with Crippen molar-refractivity contribution in [2.45, 2.75) is 20.3 Å². The Hall–Kier alpha value is -2.65. The van der Waals surface area contributed by atoms with Gasteiger partial charge in [0.2, 0.25) is 5.91 Å². The molecule has 23 heavy (non-hydrogen) atoms. The van der Waals surface area contributed by atoms with Gasteiger partial charge in [-0.15, -0.1) is 11.3 Å². The summed E-state index contributed by atoms with van der Waals surface area (Å²) in [6, 6.07) is 11.3. The first-order chi connectivity index (χ1) is 11.1. The first kappa shape index (κ1) is 16.7. The SMILES string of the molecule is CCOC(=O)c1sc(NC(=O)Cc2ccccc2)c(C#N)c1C. The van der Waals surface area contributed by atoms with Gasteiger partial charge in [-0.3, -0.25) is 4.79 Å².